The fourth-order valence-electron chi connectivity index (χ4n) is 0. The summed E-state index contributed by atoms with van der Waals surface area (Å²) in [4.78, 5) is 0. The van der Waals surface area contributed by atoms with Crippen molar-refractivity contribution in [2.75, 3.05) is 0 Å². The molecule has 0 saturated carbocycles. The predicted molar refractivity (Wildman–Crippen MR) is 12.9 cm³/mol. The molecule has 0 aromatic carbocycles. The molecular formula is HCuFeLiSn. The summed E-state index contributed by atoms with van der Waals surface area (Å²) in [6.07, 6.45) is 0. The van der Waals surface area contributed by atoms with Crippen molar-refractivity contribution in [3.8, 4) is 0 Å². The van der Waals surface area contributed by atoms with Crippen LogP contribution in [0.15, 0.2) is 0 Å². The van der Waals surface area contributed by atoms with E-state index in [1.54, 1.807) is 0 Å². The molecule has 0 aliphatic heterocycles. The molecule has 0 bridgehead atoms. The third kappa shape index (κ3) is 8.83. The molecule has 0 saturated heterocycles. The zero-order chi connectivity index (χ0) is 0. The molecule has 0 heterocycles. The second-order valence-electron chi connectivity index (χ2n) is 0. The Bertz CT molecular complexity index is 8.00. The van der Waals surface area contributed by atoms with E-state index in [1.807, 2.05) is 0 Å². The van der Waals surface area contributed by atoms with Crippen molar-refractivity contribution in [1.29, 1.82) is 0 Å². The van der Waals surface area contributed by atoms with Gasteiger partial charge < -0.3 is 0 Å². The maximum absolute atomic E-state index is 0. The first-order valence-electron chi connectivity index (χ1n) is 0. The van der Waals surface area contributed by atoms with Gasteiger partial charge in [-0.1, -0.05) is 0 Å². The van der Waals surface area contributed by atoms with E-state index in [-0.39, 0.29) is 76.9 Å². The summed E-state index contributed by atoms with van der Waals surface area (Å²) >= 11 is 0. The Morgan fingerprint density at radius 3 is 1.00 bits per heavy atom. The van der Waals surface area contributed by atoms with Crippen LogP contribution in [0.4, 0.5) is 0 Å². The molecule has 0 amide bonds. The molecule has 0 spiro atoms. The zero-order valence-electron chi connectivity index (χ0n) is 1.16. The average molecular weight is 246 g/mol. The van der Waals surface area contributed by atoms with Gasteiger partial charge in [-0.15, -0.1) is 0 Å². The summed E-state index contributed by atoms with van der Waals surface area (Å²) in [5, 5.41) is 0. The van der Waals surface area contributed by atoms with Gasteiger partial charge in [-0.2, -0.15) is 0 Å². The largest absolute Gasteiger partial charge is 0 e. The van der Waals surface area contributed by atoms with E-state index in [1.165, 1.54) is 0 Å². The molecule has 0 aliphatic rings. The summed E-state index contributed by atoms with van der Waals surface area (Å²) in [6, 6.07) is 0. The van der Waals surface area contributed by atoms with Gasteiger partial charge in [0.25, 0.3) is 0 Å². The average Bonchev–Trinajstić information content (AvgIpc) is 0. The molecular weight excluding hydrogens is 245 g/mol. The normalized spacial score (nSPS) is 0. The second-order valence-corrected chi connectivity index (χ2v) is 0. The van der Waals surface area contributed by atoms with Crippen LogP contribution in [0, 0.1) is 0 Å². The molecule has 0 aliphatic carbocycles. The van der Waals surface area contributed by atoms with Gasteiger partial charge in [-0.25, -0.2) is 0 Å². The van der Waals surface area contributed by atoms with E-state index >= 15 is 0 Å². The fraction of sp³-hybridized carbons (Fsp3) is 0. The molecule has 0 unspecified atom stereocenters. The predicted octanol–water partition coefficient (Wildman–Crippen LogP) is -1.03. The third-order valence-electron chi connectivity index (χ3n) is 0. The number of hydrogen-bond donors (Lipinski definition) is 0. The van der Waals surface area contributed by atoms with Crippen LogP contribution in [-0.2, 0) is 34.1 Å². The van der Waals surface area contributed by atoms with E-state index in [4.69, 9.17) is 0 Å². The van der Waals surface area contributed by atoms with Crippen molar-refractivity contribution in [2.45, 2.75) is 0 Å². The van der Waals surface area contributed by atoms with Gasteiger partial charge in [0.05, 0.1) is 0 Å². The third-order valence-corrected chi connectivity index (χ3v) is 0. The molecule has 4 heteroatoms. The second kappa shape index (κ2) is 18.0. The van der Waals surface area contributed by atoms with Crippen molar-refractivity contribution < 1.29 is 34.1 Å². The topological polar surface area (TPSA) is 0 Å². The van der Waals surface area contributed by atoms with Gasteiger partial charge in [-0.3, -0.25) is 0 Å². The molecule has 4 heavy (non-hydrogen) atoms. The van der Waals surface area contributed by atoms with Gasteiger partial charge in [0.2, 0.25) is 0 Å². The van der Waals surface area contributed by atoms with Crippen LogP contribution in [0.2, 0.25) is 0 Å². The minimum absolute atomic E-state index is 0. The minimum atomic E-state index is 0. The first-order valence-corrected chi connectivity index (χ1v) is 0. The molecule has 0 N–H and O–H groups in total. The first kappa shape index (κ1) is 32.1. The number of rotatable bonds is 0. The molecule has 5 radical (unpaired) electrons. The Morgan fingerprint density at radius 1 is 1.00 bits per heavy atom. The van der Waals surface area contributed by atoms with Crippen molar-refractivity contribution >= 4 is 42.8 Å². The van der Waals surface area contributed by atoms with Gasteiger partial charge >= 0.3 is 18.9 Å². The van der Waals surface area contributed by atoms with Crippen molar-refractivity contribution in [1.82, 2.24) is 0 Å². The zero-order valence-corrected chi connectivity index (χ0v) is 6.06. The molecule has 0 atom stereocenters. The first-order chi connectivity index (χ1) is 0. The summed E-state index contributed by atoms with van der Waals surface area (Å²) in [5.41, 5.74) is 0. The van der Waals surface area contributed by atoms with E-state index in [2.05, 4.69) is 0 Å². The van der Waals surface area contributed by atoms with Gasteiger partial charge in [0, 0.05) is 58.0 Å². The summed E-state index contributed by atoms with van der Waals surface area (Å²) < 4.78 is 0. The van der Waals surface area contributed by atoms with Crippen LogP contribution in [0.1, 0.15) is 0 Å². The van der Waals surface area contributed by atoms with Crippen LogP contribution in [0.25, 0.3) is 0 Å². The Kier molecular flexibility index (Phi) is 144. The fourth-order valence-corrected chi connectivity index (χ4v) is 0. The SMILES string of the molecule is [Cu].[Fe].[LiH].[Sn]. The van der Waals surface area contributed by atoms with Crippen LogP contribution < -0.4 is 0 Å². The van der Waals surface area contributed by atoms with Crippen LogP contribution in [-0.4, -0.2) is 42.8 Å². The maximum Gasteiger partial charge on any atom is 0 e. The Balaban J connectivity index is 0. The minimum Gasteiger partial charge on any atom is 0 e. The van der Waals surface area contributed by atoms with E-state index < -0.39 is 0 Å². The van der Waals surface area contributed by atoms with Crippen LogP contribution in [0.3, 0.4) is 0 Å². The maximum atomic E-state index is 0. The Morgan fingerprint density at radius 2 is 1.00 bits per heavy atom. The van der Waals surface area contributed by atoms with E-state index in [0.29, 0.717) is 0 Å². The molecule has 0 nitrogen and oxygen atoms in total. The van der Waals surface area contributed by atoms with Crippen LogP contribution >= 0.6 is 0 Å². The van der Waals surface area contributed by atoms with Gasteiger partial charge in [0.1, 0.15) is 0 Å². The molecule has 25 valence electrons. The standard InChI is InChI=1S/Cu.Fe.Li.Sn.H. The summed E-state index contributed by atoms with van der Waals surface area (Å²) in [7, 11) is 0. The molecule has 0 aromatic rings. The Hall–Kier alpha value is 2.44. The molecule has 0 fully saturated rings. The van der Waals surface area contributed by atoms with E-state index in [9.17, 15) is 0 Å². The summed E-state index contributed by atoms with van der Waals surface area (Å²) in [5.74, 6) is 0. The van der Waals surface area contributed by atoms with Gasteiger partial charge in [0.15, 0.2) is 0 Å². The molecule has 0 rings (SSSR count). The van der Waals surface area contributed by atoms with Crippen LogP contribution in [0.5, 0.6) is 0 Å². The van der Waals surface area contributed by atoms with Crippen molar-refractivity contribution in [3.63, 3.8) is 0 Å². The smallest absolute Gasteiger partial charge is 0 e. The number of hydrogen-bond acceptors (Lipinski definition) is 0. The molecule has 0 aromatic heterocycles. The van der Waals surface area contributed by atoms with Crippen molar-refractivity contribution in [2.24, 2.45) is 0 Å². The Labute approximate surface area is 75.9 Å². The monoisotopic (exact) mass is 247 g/mol. The van der Waals surface area contributed by atoms with E-state index in [0.717, 1.165) is 0 Å². The summed E-state index contributed by atoms with van der Waals surface area (Å²) in [6.45, 7) is 0. The quantitative estimate of drug-likeness (QED) is 0.479. The van der Waals surface area contributed by atoms with Crippen molar-refractivity contribution in [3.05, 3.63) is 0 Å². The van der Waals surface area contributed by atoms with Gasteiger partial charge in [-0.05, 0) is 0 Å².